The minimum Gasteiger partial charge on any atom is -0.484 e. The monoisotopic (exact) mass is 502 g/mol. The molecule has 0 radical (unpaired) electrons. The molecule has 1 N–H and O–H groups in total. The Hall–Kier alpha value is -3.19. The molecule has 3 aliphatic rings. The zero-order valence-corrected chi connectivity index (χ0v) is 20.7. The predicted molar refractivity (Wildman–Crippen MR) is 136 cm³/mol. The van der Waals surface area contributed by atoms with Gasteiger partial charge >= 0.3 is 0 Å². The Kier molecular flexibility index (Phi) is 6.04. The average molecular weight is 503 g/mol. The molecule has 1 atom stereocenters. The van der Waals surface area contributed by atoms with Crippen LogP contribution in [0.15, 0.2) is 89.5 Å². The molecule has 3 saturated heterocycles. The number of hydrogen-bond acceptors (Lipinski definition) is 5. The first-order chi connectivity index (χ1) is 17.5. The summed E-state index contributed by atoms with van der Waals surface area (Å²) in [4.78, 5) is 4.76. The first kappa shape index (κ1) is 23.2. The van der Waals surface area contributed by atoms with Gasteiger partial charge in [0.05, 0.1) is 13.1 Å². The molecule has 6 nitrogen and oxygen atoms in total. The molecule has 3 aliphatic heterocycles. The number of aliphatic hydroxyl groups is 1. The second-order valence-electron chi connectivity index (χ2n) is 10.0. The van der Waals surface area contributed by atoms with Crippen LogP contribution in [0.4, 0.5) is 0 Å². The van der Waals surface area contributed by atoms with Crippen LogP contribution in [0.2, 0.25) is 5.02 Å². The molecule has 0 spiro atoms. The SMILES string of the molecule is OC(c1ccccc1)(c1ccccc1)c1noc(C[N+]23CCC(CC2)C(Oc2cccc(Cl)c2)C3)n1. The number of aromatic nitrogens is 2. The fourth-order valence-corrected chi connectivity index (χ4v) is 6.01. The van der Waals surface area contributed by atoms with Crippen molar-refractivity contribution in [2.45, 2.75) is 31.1 Å². The molecular weight excluding hydrogens is 474 g/mol. The average Bonchev–Trinajstić information content (AvgIpc) is 3.38. The zero-order chi connectivity index (χ0) is 24.6. The van der Waals surface area contributed by atoms with Crippen molar-refractivity contribution in [2.75, 3.05) is 19.6 Å². The Morgan fingerprint density at radius 2 is 1.61 bits per heavy atom. The van der Waals surface area contributed by atoms with Crippen molar-refractivity contribution in [3.63, 3.8) is 0 Å². The van der Waals surface area contributed by atoms with Gasteiger partial charge < -0.3 is 18.8 Å². The molecule has 0 amide bonds. The smallest absolute Gasteiger partial charge is 0.282 e. The lowest BCUT2D eigenvalue weighted by molar-refractivity contribution is -0.959. The molecule has 7 rings (SSSR count). The number of nitrogens with zero attached hydrogens (tertiary/aromatic N) is 3. The molecular formula is C29H29ClN3O3+. The number of rotatable bonds is 7. The maximum atomic E-state index is 12.0. The molecule has 4 heterocycles. The standard InChI is InChI=1S/C29H29ClN3O3/c30-24-12-7-13-25(18-24)35-26-19-33(16-14-21(26)15-17-33)20-27-31-28(32-36-27)29(34,22-8-3-1-4-9-22)23-10-5-2-6-11-23/h1-13,18,21,26,34H,14-17,19-20H2/q+1. The Morgan fingerprint density at radius 3 is 2.25 bits per heavy atom. The third-order valence-corrected chi connectivity index (χ3v) is 8.01. The highest BCUT2D eigenvalue weighted by Crippen LogP contribution is 2.39. The van der Waals surface area contributed by atoms with Crippen LogP contribution in [0.1, 0.15) is 35.7 Å². The highest BCUT2D eigenvalue weighted by molar-refractivity contribution is 6.30. The van der Waals surface area contributed by atoms with E-state index in [1.165, 1.54) is 0 Å². The largest absolute Gasteiger partial charge is 0.484 e. The predicted octanol–water partition coefficient (Wildman–Crippen LogP) is 5.20. The molecule has 0 aliphatic carbocycles. The van der Waals surface area contributed by atoms with Gasteiger partial charge in [-0.3, -0.25) is 0 Å². The summed E-state index contributed by atoms with van der Waals surface area (Å²) in [5.41, 5.74) is -0.106. The van der Waals surface area contributed by atoms with Gasteiger partial charge in [0, 0.05) is 23.8 Å². The van der Waals surface area contributed by atoms with Gasteiger partial charge in [-0.1, -0.05) is 83.5 Å². The number of hydrogen-bond donors (Lipinski definition) is 1. The second-order valence-corrected chi connectivity index (χ2v) is 10.5. The maximum Gasteiger partial charge on any atom is 0.282 e. The number of halogens is 1. The molecule has 4 aromatic rings. The van der Waals surface area contributed by atoms with Crippen LogP contribution in [0.3, 0.4) is 0 Å². The van der Waals surface area contributed by atoms with Crippen LogP contribution in [0.5, 0.6) is 5.75 Å². The van der Waals surface area contributed by atoms with E-state index in [1.807, 2.05) is 84.9 Å². The molecule has 0 saturated carbocycles. The third kappa shape index (κ3) is 4.30. The summed E-state index contributed by atoms with van der Waals surface area (Å²) in [6.45, 7) is 3.62. The molecule has 184 valence electrons. The van der Waals surface area contributed by atoms with Crippen molar-refractivity contribution < 1.29 is 18.8 Å². The minimum atomic E-state index is -1.50. The summed E-state index contributed by atoms with van der Waals surface area (Å²) in [6.07, 6.45) is 2.33. The summed E-state index contributed by atoms with van der Waals surface area (Å²) in [5, 5.41) is 17.0. The van der Waals surface area contributed by atoms with Gasteiger partial charge in [-0.15, -0.1) is 0 Å². The van der Waals surface area contributed by atoms with Crippen molar-refractivity contribution in [3.8, 4) is 5.75 Å². The number of ether oxygens (including phenoxy) is 1. The van der Waals surface area contributed by atoms with E-state index in [0.29, 0.717) is 34.5 Å². The van der Waals surface area contributed by atoms with E-state index in [9.17, 15) is 5.11 Å². The van der Waals surface area contributed by atoms with Gasteiger partial charge in [0.1, 0.15) is 12.3 Å². The van der Waals surface area contributed by atoms with E-state index in [0.717, 1.165) is 42.7 Å². The van der Waals surface area contributed by atoms with E-state index in [1.54, 1.807) is 0 Å². The first-order valence-corrected chi connectivity index (χ1v) is 12.9. The minimum absolute atomic E-state index is 0.124. The lowest BCUT2D eigenvalue weighted by Gasteiger charge is -2.51. The summed E-state index contributed by atoms with van der Waals surface area (Å²) >= 11 is 6.17. The van der Waals surface area contributed by atoms with E-state index in [-0.39, 0.29) is 11.9 Å². The Balaban J connectivity index is 1.26. The van der Waals surface area contributed by atoms with Gasteiger partial charge in [0.2, 0.25) is 5.82 Å². The number of piperidine rings is 3. The lowest BCUT2D eigenvalue weighted by atomic mass is 9.83. The highest BCUT2D eigenvalue weighted by atomic mass is 35.5. The summed E-state index contributed by atoms with van der Waals surface area (Å²) in [5.74, 6) is 2.16. The van der Waals surface area contributed by atoms with Crippen molar-refractivity contribution in [1.29, 1.82) is 0 Å². The van der Waals surface area contributed by atoms with Crippen LogP contribution in [0.25, 0.3) is 0 Å². The molecule has 36 heavy (non-hydrogen) atoms. The summed E-state index contributed by atoms with van der Waals surface area (Å²) in [6, 6.07) is 26.6. The van der Waals surface area contributed by atoms with Crippen molar-refractivity contribution in [1.82, 2.24) is 10.1 Å². The topological polar surface area (TPSA) is 68.4 Å². The molecule has 2 bridgehead atoms. The molecule has 3 aromatic carbocycles. The Bertz CT molecular complexity index is 1280. The van der Waals surface area contributed by atoms with E-state index in [2.05, 4.69) is 5.16 Å². The van der Waals surface area contributed by atoms with E-state index >= 15 is 0 Å². The van der Waals surface area contributed by atoms with Crippen LogP contribution in [-0.2, 0) is 12.1 Å². The maximum absolute atomic E-state index is 12.0. The van der Waals surface area contributed by atoms with E-state index < -0.39 is 5.60 Å². The quantitative estimate of drug-likeness (QED) is 0.352. The highest BCUT2D eigenvalue weighted by Gasteiger charge is 2.48. The fraction of sp³-hybridized carbons (Fsp3) is 0.310. The van der Waals surface area contributed by atoms with Gasteiger partial charge in [-0.05, 0) is 29.3 Å². The van der Waals surface area contributed by atoms with Gasteiger partial charge in [0.15, 0.2) is 18.2 Å². The van der Waals surface area contributed by atoms with Gasteiger partial charge in [0.25, 0.3) is 5.89 Å². The first-order valence-electron chi connectivity index (χ1n) is 12.5. The Labute approximate surface area is 215 Å². The van der Waals surface area contributed by atoms with Gasteiger partial charge in [-0.25, -0.2) is 0 Å². The number of benzene rings is 3. The van der Waals surface area contributed by atoms with Crippen LogP contribution in [-0.4, -0.2) is 45.5 Å². The zero-order valence-electron chi connectivity index (χ0n) is 20.0. The van der Waals surface area contributed by atoms with Crippen LogP contribution in [0, 0.1) is 5.92 Å². The van der Waals surface area contributed by atoms with Gasteiger partial charge in [-0.2, -0.15) is 4.98 Å². The number of quaternary nitrogens is 1. The van der Waals surface area contributed by atoms with E-state index in [4.69, 9.17) is 25.8 Å². The summed E-state index contributed by atoms with van der Waals surface area (Å²) < 4.78 is 13.0. The molecule has 1 unspecified atom stereocenters. The fourth-order valence-electron chi connectivity index (χ4n) is 5.83. The second kappa shape index (κ2) is 9.36. The third-order valence-electron chi connectivity index (χ3n) is 7.77. The molecule has 7 heteroatoms. The van der Waals surface area contributed by atoms with Crippen LogP contribution >= 0.6 is 11.6 Å². The normalized spacial score (nSPS) is 23.5. The lowest BCUT2D eigenvalue weighted by Crippen LogP contribution is -2.64. The molecule has 1 aromatic heterocycles. The summed E-state index contributed by atoms with van der Waals surface area (Å²) in [7, 11) is 0. The van der Waals surface area contributed by atoms with Crippen molar-refractivity contribution in [2.24, 2.45) is 5.92 Å². The van der Waals surface area contributed by atoms with Crippen LogP contribution < -0.4 is 4.74 Å². The Morgan fingerprint density at radius 1 is 0.944 bits per heavy atom. The van der Waals surface area contributed by atoms with Crippen molar-refractivity contribution in [3.05, 3.63) is 113 Å². The van der Waals surface area contributed by atoms with Crippen molar-refractivity contribution >= 4 is 11.6 Å². The molecule has 3 fully saturated rings. The number of fused-ring (bicyclic) bond motifs is 3.